The van der Waals surface area contributed by atoms with Crippen molar-refractivity contribution in [1.82, 2.24) is 0 Å². The number of benzene rings is 1. The van der Waals surface area contributed by atoms with Crippen LogP contribution in [0.3, 0.4) is 0 Å². The van der Waals surface area contributed by atoms with Crippen LogP contribution < -0.4 is 0 Å². The van der Waals surface area contributed by atoms with Crippen LogP contribution in [0.4, 0.5) is 0 Å². The molecular formula is C11H8O8. The van der Waals surface area contributed by atoms with Crippen LogP contribution in [0.1, 0.15) is 47.0 Å². The van der Waals surface area contributed by atoms with Gasteiger partial charge in [0.25, 0.3) is 0 Å². The van der Waals surface area contributed by atoms with Crippen molar-refractivity contribution in [3.05, 3.63) is 33.9 Å². The number of rotatable bonds is 4. The van der Waals surface area contributed by atoms with Crippen molar-refractivity contribution in [2.45, 2.75) is 6.92 Å². The summed E-state index contributed by atoms with van der Waals surface area (Å²) < 4.78 is 0. The first-order valence-electron chi connectivity index (χ1n) is 4.79. The van der Waals surface area contributed by atoms with Gasteiger partial charge in [-0.15, -0.1) is 0 Å². The molecule has 0 aromatic heterocycles. The van der Waals surface area contributed by atoms with Gasteiger partial charge in [0.1, 0.15) is 0 Å². The lowest BCUT2D eigenvalue weighted by molar-refractivity contribution is 0.0631. The predicted octanol–water partition coefficient (Wildman–Crippen LogP) is 0.788. The highest BCUT2D eigenvalue weighted by Gasteiger charge is 2.29. The summed E-state index contributed by atoms with van der Waals surface area (Å²) in [7, 11) is 0. The van der Waals surface area contributed by atoms with Crippen molar-refractivity contribution >= 4 is 23.9 Å². The van der Waals surface area contributed by atoms with E-state index < -0.39 is 46.1 Å². The van der Waals surface area contributed by atoms with Gasteiger partial charge in [0.2, 0.25) is 0 Å². The third-order valence-electron chi connectivity index (χ3n) is 2.48. The second kappa shape index (κ2) is 4.77. The Hall–Kier alpha value is -2.90. The molecule has 0 saturated heterocycles. The van der Waals surface area contributed by atoms with E-state index in [9.17, 15) is 19.2 Å². The smallest absolute Gasteiger partial charge is 0.337 e. The van der Waals surface area contributed by atoms with E-state index in [4.69, 9.17) is 20.4 Å². The fraction of sp³-hybridized carbons (Fsp3) is 0.0909. The van der Waals surface area contributed by atoms with Crippen LogP contribution in [0.15, 0.2) is 6.07 Å². The van der Waals surface area contributed by atoms with Crippen molar-refractivity contribution in [2.75, 3.05) is 0 Å². The predicted molar refractivity (Wildman–Crippen MR) is 59.0 cm³/mol. The summed E-state index contributed by atoms with van der Waals surface area (Å²) in [5.41, 5.74) is -3.55. The first kappa shape index (κ1) is 14.2. The Labute approximate surface area is 105 Å². The third kappa shape index (κ3) is 2.37. The lowest BCUT2D eigenvalue weighted by atomic mass is 9.92. The summed E-state index contributed by atoms with van der Waals surface area (Å²) in [6.45, 7) is 1.10. The maximum absolute atomic E-state index is 11.0. The van der Waals surface area contributed by atoms with Gasteiger partial charge in [-0.05, 0) is 18.6 Å². The molecule has 0 atom stereocenters. The number of carbonyl (C=O) groups is 4. The fourth-order valence-corrected chi connectivity index (χ4v) is 1.66. The average molecular weight is 268 g/mol. The quantitative estimate of drug-likeness (QED) is 0.625. The van der Waals surface area contributed by atoms with E-state index in [2.05, 4.69) is 0 Å². The molecule has 8 heteroatoms. The Bertz CT molecular complexity index is 614. The minimum Gasteiger partial charge on any atom is -0.478 e. The highest BCUT2D eigenvalue weighted by atomic mass is 16.4. The summed E-state index contributed by atoms with van der Waals surface area (Å²) in [6, 6.07) is 0.635. The Morgan fingerprint density at radius 3 is 1.47 bits per heavy atom. The average Bonchev–Trinajstić information content (AvgIpc) is 2.26. The monoisotopic (exact) mass is 268 g/mol. The molecule has 100 valence electrons. The van der Waals surface area contributed by atoms with E-state index in [-0.39, 0.29) is 5.56 Å². The summed E-state index contributed by atoms with van der Waals surface area (Å²) in [4.78, 5) is 43.9. The number of carboxylic acid groups (broad SMARTS) is 4. The number of hydrogen-bond acceptors (Lipinski definition) is 4. The van der Waals surface area contributed by atoms with Gasteiger partial charge in [-0.2, -0.15) is 0 Å². The zero-order chi connectivity index (χ0) is 14.9. The molecule has 0 bridgehead atoms. The maximum Gasteiger partial charge on any atom is 0.337 e. The second-order valence-electron chi connectivity index (χ2n) is 3.57. The molecule has 0 aliphatic heterocycles. The molecule has 0 radical (unpaired) electrons. The molecule has 1 rings (SSSR count). The van der Waals surface area contributed by atoms with Gasteiger partial charge < -0.3 is 20.4 Å². The van der Waals surface area contributed by atoms with Crippen LogP contribution >= 0.6 is 0 Å². The van der Waals surface area contributed by atoms with Crippen LogP contribution in [0.5, 0.6) is 0 Å². The van der Waals surface area contributed by atoms with Crippen molar-refractivity contribution in [2.24, 2.45) is 0 Å². The fourth-order valence-electron chi connectivity index (χ4n) is 1.66. The van der Waals surface area contributed by atoms with Crippen molar-refractivity contribution in [3.63, 3.8) is 0 Å². The minimum atomic E-state index is -1.75. The normalized spacial score (nSPS) is 9.95. The Morgan fingerprint density at radius 2 is 1.16 bits per heavy atom. The standard InChI is InChI=1S/C11H8O8/c1-3-4(8(12)13)2-5(9(14)15)7(11(18)19)6(3)10(16)17/h2H,1H3,(H,12,13)(H,14,15)(H,16,17)(H,18,19). The van der Waals surface area contributed by atoms with E-state index in [0.29, 0.717) is 6.07 Å². The highest BCUT2D eigenvalue weighted by molar-refractivity contribution is 6.12. The first-order chi connectivity index (χ1) is 8.68. The van der Waals surface area contributed by atoms with E-state index >= 15 is 0 Å². The summed E-state index contributed by atoms with van der Waals surface area (Å²) in [6.07, 6.45) is 0. The zero-order valence-corrected chi connectivity index (χ0v) is 9.50. The molecule has 0 amide bonds. The number of carboxylic acids is 4. The molecule has 4 N–H and O–H groups in total. The number of hydrogen-bond donors (Lipinski definition) is 4. The summed E-state index contributed by atoms with van der Waals surface area (Å²) in [5, 5.41) is 35.6. The molecule has 0 saturated carbocycles. The van der Waals surface area contributed by atoms with Crippen LogP contribution in [0.25, 0.3) is 0 Å². The maximum atomic E-state index is 11.0. The van der Waals surface area contributed by atoms with Crippen molar-refractivity contribution in [1.29, 1.82) is 0 Å². The van der Waals surface area contributed by atoms with E-state index in [0.717, 1.165) is 6.92 Å². The third-order valence-corrected chi connectivity index (χ3v) is 2.48. The highest BCUT2D eigenvalue weighted by Crippen LogP contribution is 2.24. The van der Waals surface area contributed by atoms with Gasteiger partial charge in [-0.25, -0.2) is 19.2 Å². The van der Waals surface area contributed by atoms with E-state index in [1.54, 1.807) is 0 Å². The molecule has 8 nitrogen and oxygen atoms in total. The van der Waals surface area contributed by atoms with Gasteiger partial charge >= 0.3 is 23.9 Å². The Morgan fingerprint density at radius 1 is 0.737 bits per heavy atom. The molecule has 1 aromatic rings. The van der Waals surface area contributed by atoms with E-state index in [1.807, 2.05) is 0 Å². The minimum absolute atomic E-state index is 0.317. The second-order valence-corrected chi connectivity index (χ2v) is 3.57. The topological polar surface area (TPSA) is 149 Å². The van der Waals surface area contributed by atoms with Gasteiger partial charge in [0.15, 0.2) is 0 Å². The lowest BCUT2D eigenvalue weighted by Gasteiger charge is -2.11. The summed E-state index contributed by atoms with van der Waals surface area (Å²) >= 11 is 0. The SMILES string of the molecule is Cc1c(C(=O)O)cc(C(=O)O)c(C(=O)O)c1C(=O)O. The van der Waals surface area contributed by atoms with Crippen molar-refractivity contribution in [3.8, 4) is 0 Å². The van der Waals surface area contributed by atoms with Gasteiger partial charge in [0, 0.05) is 0 Å². The molecule has 0 fully saturated rings. The first-order valence-corrected chi connectivity index (χ1v) is 4.79. The largest absolute Gasteiger partial charge is 0.478 e. The van der Waals surface area contributed by atoms with Crippen molar-refractivity contribution < 1.29 is 39.6 Å². The molecule has 0 spiro atoms. The molecule has 0 aliphatic carbocycles. The molecule has 0 heterocycles. The molecular weight excluding hydrogens is 260 g/mol. The molecule has 0 aliphatic rings. The van der Waals surface area contributed by atoms with Gasteiger partial charge in [-0.1, -0.05) is 0 Å². The summed E-state index contributed by atoms with van der Waals surface area (Å²) in [5.74, 6) is -6.72. The molecule has 19 heavy (non-hydrogen) atoms. The number of aromatic carboxylic acids is 4. The van der Waals surface area contributed by atoms with Crippen LogP contribution in [-0.4, -0.2) is 44.3 Å². The van der Waals surface area contributed by atoms with Crippen LogP contribution in [0.2, 0.25) is 0 Å². The zero-order valence-electron chi connectivity index (χ0n) is 9.50. The van der Waals surface area contributed by atoms with Crippen LogP contribution in [0, 0.1) is 6.92 Å². The van der Waals surface area contributed by atoms with Gasteiger partial charge in [0.05, 0.1) is 22.3 Å². The van der Waals surface area contributed by atoms with Gasteiger partial charge in [-0.3, -0.25) is 0 Å². The van der Waals surface area contributed by atoms with E-state index in [1.165, 1.54) is 0 Å². The van der Waals surface area contributed by atoms with Crippen LogP contribution in [-0.2, 0) is 0 Å². The lowest BCUT2D eigenvalue weighted by Crippen LogP contribution is -2.19. The molecule has 0 unspecified atom stereocenters. The Balaban J connectivity index is 3.94. The Kier molecular flexibility index (Phi) is 3.55. The molecule has 1 aromatic carbocycles.